The number of hydrogen-bond donors (Lipinski definition) is 1. The maximum Gasteiger partial charge on any atom is 0.0628 e. The van der Waals surface area contributed by atoms with Gasteiger partial charge < -0.3 is 15.0 Å². The van der Waals surface area contributed by atoms with E-state index in [-0.39, 0.29) is 0 Å². The number of methoxy groups -OCH3 is 1. The minimum absolute atomic E-state index is 0.469. The fourth-order valence-electron chi connectivity index (χ4n) is 2.37. The Morgan fingerprint density at radius 2 is 2.00 bits per heavy atom. The van der Waals surface area contributed by atoms with Gasteiger partial charge in [0.25, 0.3) is 0 Å². The molecule has 96 valence electrons. The van der Waals surface area contributed by atoms with Crippen LogP contribution in [0.1, 0.15) is 33.1 Å². The number of nitrogens with zero attached hydrogens (tertiary/aromatic N) is 1. The summed E-state index contributed by atoms with van der Waals surface area (Å²) in [6.07, 6.45) is 3.99. The third kappa shape index (κ3) is 4.04. The van der Waals surface area contributed by atoms with Crippen LogP contribution in [0.3, 0.4) is 0 Å². The molecule has 0 aromatic heterocycles. The number of piperidine rings is 1. The summed E-state index contributed by atoms with van der Waals surface area (Å²) in [4.78, 5) is 2.57. The second-order valence-corrected chi connectivity index (χ2v) is 5.41. The minimum atomic E-state index is 0.469. The highest BCUT2D eigenvalue weighted by Gasteiger charge is 2.28. The van der Waals surface area contributed by atoms with E-state index in [9.17, 15) is 0 Å². The molecule has 1 N–H and O–H groups in total. The van der Waals surface area contributed by atoms with Crippen LogP contribution in [0.15, 0.2) is 0 Å². The molecule has 1 heterocycles. The van der Waals surface area contributed by atoms with Gasteiger partial charge in [-0.05, 0) is 38.4 Å². The molecule has 16 heavy (non-hydrogen) atoms. The summed E-state index contributed by atoms with van der Waals surface area (Å²) in [5.41, 5.74) is 0.590. The minimum Gasteiger partial charge on any atom is -0.383 e. The van der Waals surface area contributed by atoms with Gasteiger partial charge >= 0.3 is 0 Å². The lowest BCUT2D eigenvalue weighted by atomic mass is 9.78. The van der Waals surface area contributed by atoms with Crippen molar-refractivity contribution in [3.05, 3.63) is 0 Å². The summed E-state index contributed by atoms with van der Waals surface area (Å²) >= 11 is 0. The third-order valence-electron chi connectivity index (χ3n) is 4.17. The summed E-state index contributed by atoms with van der Waals surface area (Å²) in [6.45, 7) is 9.15. The van der Waals surface area contributed by atoms with Crippen LogP contribution in [0, 0.1) is 5.41 Å². The summed E-state index contributed by atoms with van der Waals surface area (Å²) in [7, 11) is 3.79. The lowest BCUT2D eigenvalue weighted by Gasteiger charge is -2.40. The van der Waals surface area contributed by atoms with Crippen LogP contribution in [0.4, 0.5) is 0 Å². The lowest BCUT2D eigenvalue weighted by molar-refractivity contribution is 0.0884. The highest BCUT2D eigenvalue weighted by atomic mass is 16.5. The zero-order valence-corrected chi connectivity index (χ0v) is 11.4. The van der Waals surface area contributed by atoms with Crippen LogP contribution in [-0.4, -0.2) is 51.3 Å². The molecule has 0 aromatic rings. The Hall–Kier alpha value is -0.120. The van der Waals surface area contributed by atoms with E-state index in [1.54, 1.807) is 7.11 Å². The quantitative estimate of drug-likeness (QED) is 0.749. The Labute approximate surface area is 101 Å². The molecule has 1 aliphatic rings. The molecule has 0 amide bonds. The molecule has 1 saturated heterocycles. The summed E-state index contributed by atoms with van der Waals surface area (Å²) in [5.74, 6) is 0. The summed E-state index contributed by atoms with van der Waals surface area (Å²) < 4.78 is 5.21. The Morgan fingerprint density at radius 1 is 1.38 bits per heavy atom. The van der Waals surface area contributed by atoms with E-state index in [4.69, 9.17) is 4.74 Å². The Bertz CT molecular complexity index is 188. The SMILES string of the molecule is CCC1(C)CCN(CC(COC)NC)CC1. The van der Waals surface area contributed by atoms with Crippen molar-refractivity contribution in [2.45, 2.75) is 39.2 Å². The van der Waals surface area contributed by atoms with E-state index < -0.39 is 0 Å². The van der Waals surface area contributed by atoms with E-state index >= 15 is 0 Å². The number of ether oxygens (including phenoxy) is 1. The number of rotatable bonds is 6. The smallest absolute Gasteiger partial charge is 0.0628 e. The summed E-state index contributed by atoms with van der Waals surface area (Å²) in [5, 5.41) is 3.32. The van der Waals surface area contributed by atoms with Gasteiger partial charge in [-0.3, -0.25) is 0 Å². The normalized spacial score (nSPS) is 23.2. The molecule has 1 atom stereocenters. The average Bonchev–Trinajstić information content (AvgIpc) is 2.31. The fraction of sp³-hybridized carbons (Fsp3) is 1.00. The molecule has 1 unspecified atom stereocenters. The Kier molecular flexibility index (Phi) is 5.73. The number of likely N-dealkylation sites (N-methyl/N-ethyl adjacent to an activating group) is 1. The number of likely N-dealkylation sites (tertiary alicyclic amines) is 1. The first-order valence-electron chi connectivity index (χ1n) is 6.52. The molecular formula is C13H28N2O. The molecular weight excluding hydrogens is 200 g/mol. The zero-order chi connectivity index (χ0) is 12.0. The molecule has 1 aliphatic heterocycles. The predicted octanol–water partition coefficient (Wildman–Crippen LogP) is 1.73. The summed E-state index contributed by atoms with van der Waals surface area (Å²) in [6, 6.07) is 0.469. The van der Waals surface area contributed by atoms with Gasteiger partial charge in [-0.2, -0.15) is 0 Å². The van der Waals surface area contributed by atoms with Crippen LogP contribution in [0.5, 0.6) is 0 Å². The fourth-order valence-corrected chi connectivity index (χ4v) is 2.37. The lowest BCUT2D eigenvalue weighted by Crippen LogP contribution is -2.46. The first-order valence-corrected chi connectivity index (χ1v) is 6.52. The number of hydrogen-bond acceptors (Lipinski definition) is 3. The molecule has 3 heteroatoms. The van der Waals surface area contributed by atoms with Gasteiger partial charge in [-0.1, -0.05) is 20.3 Å². The topological polar surface area (TPSA) is 24.5 Å². The van der Waals surface area contributed by atoms with E-state index in [0.29, 0.717) is 11.5 Å². The third-order valence-corrected chi connectivity index (χ3v) is 4.17. The van der Waals surface area contributed by atoms with Crippen LogP contribution in [0.25, 0.3) is 0 Å². The van der Waals surface area contributed by atoms with Crippen molar-refractivity contribution in [3.63, 3.8) is 0 Å². The van der Waals surface area contributed by atoms with Crippen LogP contribution < -0.4 is 5.32 Å². The van der Waals surface area contributed by atoms with Crippen LogP contribution in [0.2, 0.25) is 0 Å². The second kappa shape index (κ2) is 6.58. The van der Waals surface area contributed by atoms with Crippen LogP contribution in [-0.2, 0) is 4.74 Å². The van der Waals surface area contributed by atoms with Gasteiger partial charge in [-0.25, -0.2) is 0 Å². The molecule has 0 saturated carbocycles. The Morgan fingerprint density at radius 3 is 2.44 bits per heavy atom. The van der Waals surface area contributed by atoms with Gasteiger partial charge in [0, 0.05) is 19.7 Å². The van der Waals surface area contributed by atoms with Crippen molar-refractivity contribution in [2.75, 3.05) is 40.4 Å². The average molecular weight is 228 g/mol. The molecule has 0 aliphatic carbocycles. The molecule has 0 spiro atoms. The Balaban J connectivity index is 2.30. The van der Waals surface area contributed by atoms with Gasteiger partial charge in [-0.15, -0.1) is 0 Å². The van der Waals surface area contributed by atoms with Crippen molar-refractivity contribution < 1.29 is 4.74 Å². The number of nitrogens with one attached hydrogen (secondary N) is 1. The first-order chi connectivity index (χ1) is 7.63. The van der Waals surface area contributed by atoms with Crippen molar-refractivity contribution in [1.29, 1.82) is 0 Å². The van der Waals surface area contributed by atoms with Gasteiger partial charge in [0.2, 0.25) is 0 Å². The molecule has 1 rings (SSSR count). The highest BCUT2D eigenvalue weighted by molar-refractivity contribution is 4.83. The highest BCUT2D eigenvalue weighted by Crippen LogP contribution is 2.33. The largest absolute Gasteiger partial charge is 0.383 e. The maximum absolute atomic E-state index is 5.21. The van der Waals surface area contributed by atoms with E-state index in [0.717, 1.165) is 13.2 Å². The monoisotopic (exact) mass is 228 g/mol. The maximum atomic E-state index is 5.21. The van der Waals surface area contributed by atoms with Crippen LogP contribution >= 0.6 is 0 Å². The van der Waals surface area contributed by atoms with E-state index in [2.05, 4.69) is 24.1 Å². The van der Waals surface area contributed by atoms with E-state index in [1.165, 1.54) is 32.4 Å². The molecule has 3 nitrogen and oxygen atoms in total. The van der Waals surface area contributed by atoms with Crippen molar-refractivity contribution >= 4 is 0 Å². The van der Waals surface area contributed by atoms with Gasteiger partial charge in [0.15, 0.2) is 0 Å². The molecule has 1 fully saturated rings. The molecule has 0 aromatic carbocycles. The molecule has 0 bridgehead atoms. The molecule has 0 radical (unpaired) electrons. The van der Waals surface area contributed by atoms with Crippen molar-refractivity contribution in [2.24, 2.45) is 5.41 Å². The van der Waals surface area contributed by atoms with Crippen molar-refractivity contribution in [3.8, 4) is 0 Å². The second-order valence-electron chi connectivity index (χ2n) is 5.41. The zero-order valence-electron chi connectivity index (χ0n) is 11.4. The van der Waals surface area contributed by atoms with Gasteiger partial charge in [0.1, 0.15) is 0 Å². The first kappa shape index (κ1) is 13.9. The van der Waals surface area contributed by atoms with E-state index in [1.807, 2.05) is 7.05 Å². The predicted molar refractivity (Wildman–Crippen MR) is 68.8 cm³/mol. The van der Waals surface area contributed by atoms with Gasteiger partial charge in [0.05, 0.1) is 6.61 Å². The van der Waals surface area contributed by atoms with Crippen molar-refractivity contribution in [1.82, 2.24) is 10.2 Å². The standard InChI is InChI=1S/C13H28N2O/c1-5-13(2)6-8-15(9-7-13)10-12(14-3)11-16-4/h12,14H,5-11H2,1-4H3.